The Morgan fingerprint density at radius 2 is 2.04 bits per heavy atom. The Balaban J connectivity index is 0.00000338. The minimum absolute atomic E-state index is 0. The predicted molar refractivity (Wildman–Crippen MR) is 121 cm³/mol. The van der Waals surface area contributed by atoms with Gasteiger partial charge in [0.05, 0.1) is 12.7 Å². The van der Waals surface area contributed by atoms with Gasteiger partial charge in [-0.05, 0) is 30.0 Å². The first-order valence-electron chi connectivity index (χ1n) is 9.09. The van der Waals surface area contributed by atoms with E-state index < -0.39 is 0 Å². The highest BCUT2D eigenvalue weighted by atomic mass is 127. The molecule has 1 aliphatic rings. The number of rotatable bonds is 7. The van der Waals surface area contributed by atoms with Gasteiger partial charge in [-0.1, -0.05) is 37.6 Å². The van der Waals surface area contributed by atoms with Crippen molar-refractivity contribution >= 4 is 41.5 Å². The first-order valence-corrected chi connectivity index (χ1v) is 9.47. The smallest absolute Gasteiger partial charge is 0.191 e. The fraction of sp³-hybridized carbons (Fsp3) is 0.632. The molecular weight excluding hydrogens is 463 g/mol. The van der Waals surface area contributed by atoms with Crippen molar-refractivity contribution in [2.45, 2.75) is 26.4 Å². The molecule has 5 nitrogen and oxygen atoms in total. The number of hydrogen-bond acceptors (Lipinski definition) is 3. The van der Waals surface area contributed by atoms with Gasteiger partial charge in [0.2, 0.25) is 0 Å². The normalized spacial score (nSPS) is 18.5. The van der Waals surface area contributed by atoms with Crippen LogP contribution in [0.1, 0.15) is 19.4 Å². The monoisotopic (exact) mass is 494 g/mol. The molecule has 1 atom stereocenters. The minimum Gasteiger partial charge on any atom is -0.374 e. The zero-order valence-corrected chi connectivity index (χ0v) is 19.1. The number of benzene rings is 1. The lowest BCUT2D eigenvalue weighted by atomic mass is 10.1. The van der Waals surface area contributed by atoms with E-state index in [1.54, 1.807) is 7.05 Å². The first-order chi connectivity index (χ1) is 12.1. The van der Waals surface area contributed by atoms with Gasteiger partial charge >= 0.3 is 0 Å². The zero-order chi connectivity index (χ0) is 18.1. The van der Waals surface area contributed by atoms with E-state index in [9.17, 15) is 0 Å². The molecular formula is C19H32ClIN4O. The van der Waals surface area contributed by atoms with Crippen molar-refractivity contribution in [3.63, 3.8) is 0 Å². The molecule has 2 N–H and O–H groups in total. The van der Waals surface area contributed by atoms with Crippen molar-refractivity contribution in [1.29, 1.82) is 0 Å². The summed E-state index contributed by atoms with van der Waals surface area (Å²) in [5, 5.41) is 7.50. The Kier molecular flexibility index (Phi) is 11.5. The molecule has 0 spiro atoms. The van der Waals surface area contributed by atoms with Gasteiger partial charge in [-0.25, -0.2) is 0 Å². The lowest BCUT2D eigenvalue weighted by molar-refractivity contribution is -0.0284. The highest BCUT2D eigenvalue weighted by molar-refractivity contribution is 14.0. The first kappa shape index (κ1) is 23.5. The number of guanidine groups is 1. The average Bonchev–Trinajstić information content (AvgIpc) is 2.59. The van der Waals surface area contributed by atoms with E-state index in [4.69, 9.17) is 16.3 Å². The maximum absolute atomic E-state index is 5.91. The summed E-state index contributed by atoms with van der Waals surface area (Å²) >= 11 is 5.91. The van der Waals surface area contributed by atoms with Crippen LogP contribution in [-0.4, -0.2) is 63.3 Å². The number of ether oxygens (including phenoxy) is 1. The van der Waals surface area contributed by atoms with E-state index in [1.165, 1.54) is 5.56 Å². The second-order valence-electron chi connectivity index (χ2n) is 6.90. The van der Waals surface area contributed by atoms with Crippen LogP contribution in [0.3, 0.4) is 0 Å². The largest absolute Gasteiger partial charge is 0.374 e. The molecule has 0 aliphatic carbocycles. The molecule has 1 aromatic carbocycles. The third kappa shape index (κ3) is 8.88. The molecule has 0 radical (unpaired) electrons. The minimum atomic E-state index is 0. The predicted octanol–water partition coefficient (Wildman–Crippen LogP) is 3.02. The molecule has 1 heterocycles. The van der Waals surface area contributed by atoms with Gasteiger partial charge in [0, 0.05) is 44.8 Å². The van der Waals surface area contributed by atoms with Gasteiger partial charge in [-0.15, -0.1) is 24.0 Å². The average molecular weight is 495 g/mol. The lowest BCUT2D eigenvalue weighted by Crippen LogP contribution is -2.50. The van der Waals surface area contributed by atoms with Crippen molar-refractivity contribution in [3.05, 3.63) is 34.9 Å². The molecule has 0 aromatic heterocycles. The molecule has 2 rings (SSSR count). The summed E-state index contributed by atoms with van der Waals surface area (Å²) in [5.41, 5.74) is 1.26. The van der Waals surface area contributed by atoms with E-state index in [-0.39, 0.29) is 30.1 Å². The highest BCUT2D eigenvalue weighted by Crippen LogP contribution is 2.09. The Morgan fingerprint density at radius 3 is 2.69 bits per heavy atom. The van der Waals surface area contributed by atoms with E-state index >= 15 is 0 Å². The molecule has 1 fully saturated rings. The third-order valence-corrected chi connectivity index (χ3v) is 4.44. The van der Waals surface area contributed by atoms with Crippen LogP contribution in [0, 0.1) is 5.92 Å². The molecule has 148 valence electrons. The third-order valence-electron chi connectivity index (χ3n) is 4.19. The van der Waals surface area contributed by atoms with Crippen molar-refractivity contribution in [2.24, 2.45) is 10.9 Å². The Morgan fingerprint density at radius 1 is 1.31 bits per heavy atom. The molecule has 1 aliphatic heterocycles. The lowest BCUT2D eigenvalue weighted by Gasteiger charge is -2.34. The standard InChI is InChI=1S/C19H31ClN4O.HI/c1-15(2)13-24-10-11-25-18(14-24)12-23-19(21-3)22-9-8-16-4-6-17(20)7-5-16;/h4-7,15,18H,8-14H2,1-3H3,(H2,21,22,23);1H. The molecule has 1 aromatic rings. The Labute approximate surface area is 179 Å². The van der Waals surface area contributed by atoms with Crippen LogP contribution >= 0.6 is 35.6 Å². The van der Waals surface area contributed by atoms with Crippen LogP contribution < -0.4 is 10.6 Å². The zero-order valence-electron chi connectivity index (χ0n) is 16.0. The van der Waals surface area contributed by atoms with E-state index in [0.717, 1.165) is 56.7 Å². The number of aliphatic imine (C=N–C) groups is 1. The maximum Gasteiger partial charge on any atom is 0.191 e. The summed E-state index contributed by atoms with van der Waals surface area (Å²) in [6.07, 6.45) is 1.14. The summed E-state index contributed by atoms with van der Waals surface area (Å²) in [4.78, 5) is 6.77. The summed E-state index contributed by atoms with van der Waals surface area (Å²) in [5.74, 6) is 1.51. The SMILES string of the molecule is CN=C(NCCc1ccc(Cl)cc1)NCC1CN(CC(C)C)CCO1.I. The molecule has 1 saturated heterocycles. The number of halogens is 2. The van der Waals surface area contributed by atoms with Gasteiger partial charge in [-0.3, -0.25) is 9.89 Å². The molecule has 0 bridgehead atoms. The summed E-state index contributed by atoms with van der Waals surface area (Å²) in [6.45, 7) is 10.1. The quantitative estimate of drug-likeness (QED) is 0.348. The number of hydrogen-bond donors (Lipinski definition) is 2. The van der Waals surface area contributed by atoms with E-state index in [0.29, 0.717) is 5.92 Å². The van der Waals surface area contributed by atoms with Gasteiger partial charge in [0.1, 0.15) is 0 Å². The topological polar surface area (TPSA) is 48.9 Å². The van der Waals surface area contributed by atoms with Crippen LogP contribution in [0.2, 0.25) is 5.02 Å². The van der Waals surface area contributed by atoms with E-state index in [2.05, 4.69) is 46.5 Å². The van der Waals surface area contributed by atoms with Crippen LogP contribution in [0.25, 0.3) is 0 Å². The summed E-state index contributed by atoms with van der Waals surface area (Å²) < 4.78 is 5.87. The van der Waals surface area contributed by atoms with Gasteiger partial charge in [0.15, 0.2) is 5.96 Å². The molecule has 1 unspecified atom stereocenters. The number of nitrogens with one attached hydrogen (secondary N) is 2. The second kappa shape index (κ2) is 12.8. The van der Waals surface area contributed by atoms with E-state index in [1.807, 2.05) is 12.1 Å². The summed E-state index contributed by atoms with van der Waals surface area (Å²) in [6, 6.07) is 7.96. The number of morpholine rings is 1. The van der Waals surface area contributed by atoms with Crippen LogP contribution in [0.15, 0.2) is 29.3 Å². The van der Waals surface area contributed by atoms with Gasteiger partial charge < -0.3 is 15.4 Å². The van der Waals surface area contributed by atoms with Gasteiger partial charge in [0.25, 0.3) is 0 Å². The molecule has 26 heavy (non-hydrogen) atoms. The summed E-state index contributed by atoms with van der Waals surface area (Å²) in [7, 11) is 1.80. The van der Waals surface area contributed by atoms with Crippen molar-refractivity contribution in [2.75, 3.05) is 46.4 Å². The number of nitrogens with zero attached hydrogens (tertiary/aromatic N) is 2. The molecule has 0 amide bonds. The maximum atomic E-state index is 5.91. The highest BCUT2D eigenvalue weighted by Gasteiger charge is 2.20. The Hall–Kier alpha value is -0.570. The fourth-order valence-electron chi connectivity index (χ4n) is 2.99. The second-order valence-corrected chi connectivity index (χ2v) is 7.34. The molecule has 7 heteroatoms. The Bertz CT molecular complexity index is 539. The van der Waals surface area contributed by atoms with Crippen LogP contribution in [0.5, 0.6) is 0 Å². The molecule has 0 saturated carbocycles. The van der Waals surface area contributed by atoms with Crippen molar-refractivity contribution in [1.82, 2.24) is 15.5 Å². The van der Waals surface area contributed by atoms with Crippen molar-refractivity contribution in [3.8, 4) is 0 Å². The van der Waals surface area contributed by atoms with Gasteiger partial charge in [-0.2, -0.15) is 0 Å². The van der Waals surface area contributed by atoms with Crippen molar-refractivity contribution < 1.29 is 4.74 Å². The van der Waals surface area contributed by atoms with Crippen LogP contribution in [-0.2, 0) is 11.2 Å². The van der Waals surface area contributed by atoms with Crippen LogP contribution in [0.4, 0.5) is 0 Å². The fourth-order valence-corrected chi connectivity index (χ4v) is 3.12.